The molecule has 0 saturated carbocycles. The molecule has 0 aliphatic carbocycles. The molecular formula is C14H18ClN3. The van der Waals surface area contributed by atoms with Crippen LogP contribution in [0.25, 0.3) is 11.4 Å². The van der Waals surface area contributed by atoms with Crippen LogP contribution in [0.4, 0.5) is 0 Å². The van der Waals surface area contributed by atoms with Gasteiger partial charge in [-0.2, -0.15) is 0 Å². The Morgan fingerprint density at radius 1 is 1.33 bits per heavy atom. The zero-order chi connectivity index (χ0) is 13.1. The molecule has 0 aliphatic heterocycles. The summed E-state index contributed by atoms with van der Waals surface area (Å²) in [5.41, 5.74) is 3.42. The van der Waals surface area contributed by atoms with Gasteiger partial charge < -0.3 is 9.88 Å². The summed E-state index contributed by atoms with van der Waals surface area (Å²) in [6, 6.07) is 8.23. The van der Waals surface area contributed by atoms with Gasteiger partial charge in [0.2, 0.25) is 0 Å². The molecular weight excluding hydrogens is 246 g/mol. The first-order valence-electron chi connectivity index (χ1n) is 6.07. The number of imidazole rings is 1. The van der Waals surface area contributed by atoms with E-state index in [1.54, 1.807) is 0 Å². The van der Waals surface area contributed by atoms with Crippen molar-refractivity contribution in [1.82, 2.24) is 14.9 Å². The first-order valence-corrected chi connectivity index (χ1v) is 6.44. The van der Waals surface area contributed by atoms with Crippen LogP contribution in [0.3, 0.4) is 0 Å². The molecule has 96 valence electrons. The fourth-order valence-corrected chi connectivity index (χ4v) is 2.38. The van der Waals surface area contributed by atoms with Crippen molar-refractivity contribution in [3.05, 3.63) is 40.7 Å². The molecule has 0 bridgehead atoms. The third-order valence-corrected chi connectivity index (χ3v) is 3.47. The number of rotatable bonds is 4. The second-order valence-electron chi connectivity index (χ2n) is 4.40. The number of aryl methyl sites for hydroxylation is 1. The van der Waals surface area contributed by atoms with Gasteiger partial charge in [-0.1, -0.05) is 35.9 Å². The Kier molecular flexibility index (Phi) is 4.04. The van der Waals surface area contributed by atoms with Crippen LogP contribution < -0.4 is 5.32 Å². The smallest absolute Gasteiger partial charge is 0.151 e. The largest absolute Gasteiger partial charge is 0.330 e. The standard InChI is InChI=1S/C14H18ClN3/c1-10-6-4-5-7-11(10)14-17-13(15)12(18(14)3)8-9-16-2/h4-7,16H,8-9H2,1-3H3. The maximum Gasteiger partial charge on any atom is 0.151 e. The Morgan fingerprint density at radius 3 is 2.72 bits per heavy atom. The van der Waals surface area contributed by atoms with Crippen LogP contribution in [0.5, 0.6) is 0 Å². The predicted molar refractivity (Wildman–Crippen MR) is 76.0 cm³/mol. The Balaban J connectivity index is 2.44. The normalized spacial score (nSPS) is 10.9. The van der Waals surface area contributed by atoms with Gasteiger partial charge in [-0.15, -0.1) is 0 Å². The highest BCUT2D eigenvalue weighted by Gasteiger charge is 2.15. The molecule has 1 aromatic carbocycles. The summed E-state index contributed by atoms with van der Waals surface area (Å²) < 4.78 is 2.09. The van der Waals surface area contributed by atoms with E-state index in [1.165, 1.54) is 5.56 Å². The lowest BCUT2D eigenvalue weighted by atomic mass is 10.1. The lowest BCUT2D eigenvalue weighted by molar-refractivity contribution is 0.740. The van der Waals surface area contributed by atoms with Crippen LogP contribution >= 0.6 is 11.6 Å². The van der Waals surface area contributed by atoms with Crippen molar-refractivity contribution in [3.8, 4) is 11.4 Å². The van der Waals surface area contributed by atoms with E-state index in [0.717, 1.165) is 30.0 Å². The summed E-state index contributed by atoms with van der Waals surface area (Å²) in [4.78, 5) is 4.49. The van der Waals surface area contributed by atoms with Gasteiger partial charge in [-0.3, -0.25) is 0 Å². The monoisotopic (exact) mass is 263 g/mol. The van der Waals surface area contributed by atoms with Crippen molar-refractivity contribution in [2.45, 2.75) is 13.3 Å². The van der Waals surface area contributed by atoms with Crippen LogP contribution in [-0.2, 0) is 13.5 Å². The van der Waals surface area contributed by atoms with Crippen molar-refractivity contribution in [1.29, 1.82) is 0 Å². The van der Waals surface area contributed by atoms with E-state index in [4.69, 9.17) is 11.6 Å². The van der Waals surface area contributed by atoms with Gasteiger partial charge in [0.25, 0.3) is 0 Å². The first kappa shape index (κ1) is 13.1. The second kappa shape index (κ2) is 5.55. The number of nitrogens with zero attached hydrogens (tertiary/aromatic N) is 2. The Morgan fingerprint density at radius 2 is 2.06 bits per heavy atom. The summed E-state index contributed by atoms with van der Waals surface area (Å²) in [5, 5.41) is 3.73. The van der Waals surface area contributed by atoms with Gasteiger partial charge in [-0.25, -0.2) is 4.98 Å². The minimum absolute atomic E-state index is 0.603. The number of hydrogen-bond acceptors (Lipinski definition) is 2. The summed E-state index contributed by atoms with van der Waals surface area (Å²) in [7, 11) is 3.96. The molecule has 0 spiro atoms. The summed E-state index contributed by atoms with van der Waals surface area (Å²) in [5.74, 6) is 0.934. The van der Waals surface area contributed by atoms with Crippen molar-refractivity contribution in [3.63, 3.8) is 0 Å². The summed E-state index contributed by atoms with van der Waals surface area (Å²) >= 11 is 6.23. The second-order valence-corrected chi connectivity index (χ2v) is 4.76. The molecule has 0 aliphatic rings. The maximum absolute atomic E-state index is 6.23. The first-order chi connectivity index (χ1) is 8.65. The van der Waals surface area contributed by atoms with Gasteiger partial charge >= 0.3 is 0 Å². The molecule has 0 fully saturated rings. The molecule has 0 unspecified atom stereocenters. The highest BCUT2D eigenvalue weighted by molar-refractivity contribution is 6.30. The molecule has 2 rings (SSSR count). The number of halogens is 1. The quantitative estimate of drug-likeness (QED) is 0.919. The molecule has 0 amide bonds. The number of benzene rings is 1. The molecule has 1 N–H and O–H groups in total. The molecule has 18 heavy (non-hydrogen) atoms. The van der Waals surface area contributed by atoms with Crippen LogP contribution in [0.2, 0.25) is 5.15 Å². The van der Waals surface area contributed by atoms with Gasteiger partial charge in [0.05, 0.1) is 5.69 Å². The van der Waals surface area contributed by atoms with Crippen LogP contribution in [0.15, 0.2) is 24.3 Å². The molecule has 1 aromatic heterocycles. The van der Waals surface area contributed by atoms with Crippen LogP contribution in [0.1, 0.15) is 11.3 Å². The Hall–Kier alpha value is -1.32. The number of aromatic nitrogens is 2. The minimum atomic E-state index is 0.603. The molecule has 0 saturated heterocycles. The van der Waals surface area contributed by atoms with E-state index >= 15 is 0 Å². The lowest BCUT2D eigenvalue weighted by Crippen LogP contribution is -2.12. The number of likely N-dealkylation sites (N-methyl/N-ethyl adjacent to an activating group) is 1. The fourth-order valence-electron chi connectivity index (χ4n) is 2.08. The number of nitrogens with one attached hydrogen (secondary N) is 1. The number of hydrogen-bond donors (Lipinski definition) is 1. The Labute approximate surface area is 113 Å². The molecule has 2 aromatic rings. The highest BCUT2D eigenvalue weighted by Crippen LogP contribution is 2.26. The van der Waals surface area contributed by atoms with Gasteiger partial charge in [-0.05, 0) is 19.5 Å². The van der Waals surface area contributed by atoms with E-state index in [9.17, 15) is 0 Å². The van der Waals surface area contributed by atoms with Crippen molar-refractivity contribution < 1.29 is 0 Å². The van der Waals surface area contributed by atoms with E-state index < -0.39 is 0 Å². The highest BCUT2D eigenvalue weighted by atomic mass is 35.5. The molecule has 3 nitrogen and oxygen atoms in total. The third-order valence-electron chi connectivity index (χ3n) is 3.16. The molecule has 0 radical (unpaired) electrons. The lowest BCUT2D eigenvalue weighted by Gasteiger charge is -2.08. The topological polar surface area (TPSA) is 29.9 Å². The molecule has 4 heteroatoms. The third kappa shape index (κ3) is 2.42. The van der Waals surface area contributed by atoms with E-state index in [1.807, 2.05) is 26.2 Å². The zero-order valence-electron chi connectivity index (χ0n) is 11.0. The maximum atomic E-state index is 6.23. The van der Waals surface area contributed by atoms with E-state index in [-0.39, 0.29) is 0 Å². The zero-order valence-corrected chi connectivity index (χ0v) is 11.8. The fraction of sp³-hybridized carbons (Fsp3) is 0.357. The average molecular weight is 264 g/mol. The summed E-state index contributed by atoms with van der Waals surface area (Å²) in [6.45, 7) is 2.98. The minimum Gasteiger partial charge on any atom is -0.330 e. The predicted octanol–water partition coefficient (Wildman–Crippen LogP) is 2.81. The van der Waals surface area contributed by atoms with Gasteiger partial charge in [0, 0.05) is 25.6 Å². The van der Waals surface area contributed by atoms with Crippen LogP contribution in [0, 0.1) is 6.92 Å². The van der Waals surface area contributed by atoms with Gasteiger partial charge in [0.1, 0.15) is 5.82 Å². The SMILES string of the molecule is CNCCc1c(Cl)nc(-c2ccccc2C)n1C. The van der Waals surface area contributed by atoms with Gasteiger partial charge in [0.15, 0.2) is 5.15 Å². The molecule has 1 heterocycles. The summed E-state index contributed by atoms with van der Waals surface area (Å²) in [6.07, 6.45) is 0.880. The van der Waals surface area contributed by atoms with Crippen molar-refractivity contribution in [2.75, 3.05) is 13.6 Å². The van der Waals surface area contributed by atoms with Crippen molar-refractivity contribution in [2.24, 2.45) is 7.05 Å². The van der Waals surface area contributed by atoms with E-state index in [0.29, 0.717) is 5.15 Å². The van der Waals surface area contributed by atoms with Crippen LogP contribution in [-0.4, -0.2) is 23.1 Å². The van der Waals surface area contributed by atoms with Crippen molar-refractivity contribution >= 4 is 11.6 Å². The average Bonchev–Trinajstić information content (AvgIpc) is 2.63. The molecule has 0 atom stereocenters. The van der Waals surface area contributed by atoms with E-state index in [2.05, 4.69) is 33.9 Å². The Bertz CT molecular complexity index is 546.